The smallest absolute Gasteiger partial charge is 0.419 e. The van der Waals surface area contributed by atoms with E-state index in [9.17, 15) is 30.8 Å². The lowest BCUT2D eigenvalue weighted by Crippen LogP contribution is -2.38. The number of ether oxygens (including phenoxy) is 2. The number of hydrogen-bond donors (Lipinski definition) is 1. The molecule has 12 heteroatoms. The van der Waals surface area contributed by atoms with Crippen LogP contribution >= 0.6 is 0 Å². The Morgan fingerprint density at radius 1 is 1.03 bits per heavy atom. The molecule has 0 aliphatic heterocycles. The van der Waals surface area contributed by atoms with Crippen molar-refractivity contribution in [3.05, 3.63) is 77.6 Å². The van der Waals surface area contributed by atoms with Crippen molar-refractivity contribution in [2.75, 3.05) is 29.9 Å². The summed E-state index contributed by atoms with van der Waals surface area (Å²) in [4.78, 5) is 12.7. The number of hydrogen-bond acceptors (Lipinski definition) is 5. The van der Waals surface area contributed by atoms with Crippen LogP contribution in [0.1, 0.15) is 18.1 Å². The highest BCUT2D eigenvalue weighted by Gasteiger charge is 2.35. The lowest BCUT2D eigenvalue weighted by molar-refractivity contribution is -0.140. The molecular formula is C25H24F4N2O5S. The van der Waals surface area contributed by atoms with E-state index in [1.54, 1.807) is 19.9 Å². The van der Waals surface area contributed by atoms with Gasteiger partial charge in [0.2, 0.25) is 5.91 Å². The molecule has 0 spiro atoms. The van der Waals surface area contributed by atoms with Crippen LogP contribution in [-0.4, -0.2) is 34.6 Å². The van der Waals surface area contributed by atoms with Gasteiger partial charge in [0.05, 0.1) is 25.0 Å². The molecule has 3 rings (SSSR count). The molecule has 0 saturated carbocycles. The topological polar surface area (TPSA) is 84.9 Å². The van der Waals surface area contributed by atoms with Gasteiger partial charge in [0.25, 0.3) is 10.0 Å². The van der Waals surface area contributed by atoms with Crippen LogP contribution in [0.3, 0.4) is 0 Å². The van der Waals surface area contributed by atoms with E-state index in [4.69, 9.17) is 9.47 Å². The van der Waals surface area contributed by atoms with Crippen molar-refractivity contribution in [3.8, 4) is 11.5 Å². The van der Waals surface area contributed by atoms with Crippen molar-refractivity contribution in [1.29, 1.82) is 0 Å². The van der Waals surface area contributed by atoms with Crippen LogP contribution in [-0.2, 0) is 21.0 Å². The molecule has 7 nitrogen and oxygen atoms in total. The second-order valence-corrected chi connectivity index (χ2v) is 9.66. The Bertz CT molecular complexity index is 1380. The zero-order chi connectivity index (χ0) is 27.4. The van der Waals surface area contributed by atoms with Crippen molar-refractivity contribution >= 4 is 27.3 Å². The minimum atomic E-state index is -4.98. The molecule has 0 heterocycles. The molecule has 1 N–H and O–H groups in total. The molecule has 3 aromatic carbocycles. The number of aryl methyl sites for hydroxylation is 1. The number of alkyl halides is 3. The lowest BCUT2D eigenvalue weighted by atomic mass is 10.2. The predicted octanol–water partition coefficient (Wildman–Crippen LogP) is 5.39. The Morgan fingerprint density at radius 3 is 2.30 bits per heavy atom. The molecule has 198 valence electrons. The van der Waals surface area contributed by atoms with E-state index in [0.29, 0.717) is 30.1 Å². The van der Waals surface area contributed by atoms with Gasteiger partial charge in [0.1, 0.15) is 28.8 Å². The number of rotatable bonds is 9. The Labute approximate surface area is 211 Å². The summed E-state index contributed by atoms with van der Waals surface area (Å²) < 4.78 is 91.7. The fourth-order valence-electron chi connectivity index (χ4n) is 3.45. The van der Waals surface area contributed by atoms with Crippen LogP contribution in [0, 0.1) is 12.7 Å². The summed E-state index contributed by atoms with van der Waals surface area (Å²) in [5, 5.41) is 2.21. The highest BCUT2D eigenvalue weighted by molar-refractivity contribution is 7.93. The van der Waals surface area contributed by atoms with Gasteiger partial charge in [0.15, 0.2) is 0 Å². The van der Waals surface area contributed by atoms with Gasteiger partial charge in [0, 0.05) is 5.69 Å². The number of anilines is 2. The monoisotopic (exact) mass is 540 g/mol. The predicted molar refractivity (Wildman–Crippen MR) is 130 cm³/mol. The number of sulfonamides is 1. The van der Waals surface area contributed by atoms with Gasteiger partial charge in [-0.15, -0.1) is 0 Å². The minimum Gasteiger partial charge on any atom is -0.495 e. The van der Waals surface area contributed by atoms with Crippen molar-refractivity contribution in [3.63, 3.8) is 0 Å². The van der Waals surface area contributed by atoms with Crippen molar-refractivity contribution in [2.24, 2.45) is 0 Å². The van der Waals surface area contributed by atoms with E-state index in [0.717, 1.165) is 10.4 Å². The molecule has 0 atom stereocenters. The summed E-state index contributed by atoms with van der Waals surface area (Å²) in [5.74, 6) is -1.96. The number of benzene rings is 3. The average Bonchev–Trinajstić information content (AvgIpc) is 2.84. The minimum absolute atomic E-state index is 0.0373. The Hall–Kier alpha value is -3.80. The van der Waals surface area contributed by atoms with Crippen LogP contribution < -0.4 is 19.1 Å². The number of methoxy groups -OCH3 is 1. The second-order valence-electron chi connectivity index (χ2n) is 7.83. The zero-order valence-electron chi connectivity index (χ0n) is 20.1. The first kappa shape index (κ1) is 27.8. The molecule has 0 bridgehead atoms. The average molecular weight is 541 g/mol. The van der Waals surface area contributed by atoms with Gasteiger partial charge >= 0.3 is 6.18 Å². The number of halogens is 4. The van der Waals surface area contributed by atoms with E-state index in [-0.39, 0.29) is 22.0 Å². The van der Waals surface area contributed by atoms with Crippen LogP contribution in [0.25, 0.3) is 0 Å². The van der Waals surface area contributed by atoms with E-state index in [2.05, 4.69) is 5.32 Å². The van der Waals surface area contributed by atoms with Crippen LogP contribution in [0.4, 0.5) is 28.9 Å². The Kier molecular flexibility index (Phi) is 8.32. The standard InChI is InChI=1S/C25H24F4N2O5S/c1-4-36-19-9-7-18(8-10-19)31(37(33,34)23-13-16(2)5-12-22(23)35-3)15-24(32)30-17-6-11-21(26)20(14-17)25(27,28)29/h5-14H,4,15H2,1-3H3,(H,30,32). The number of amides is 1. The number of carbonyl (C=O) groups is 1. The number of carbonyl (C=O) groups excluding carboxylic acids is 1. The van der Waals surface area contributed by atoms with Gasteiger partial charge in [-0.1, -0.05) is 6.07 Å². The highest BCUT2D eigenvalue weighted by atomic mass is 32.2. The molecule has 0 aliphatic carbocycles. The highest BCUT2D eigenvalue weighted by Crippen LogP contribution is 2.34. The lowest BCUT2D eigenvalue weighted by Gasteiger charge is -2.25. The molecule has 1 amide bonds. The normalized spacial score (nSPS) is 11.6. The first-order valence-electron chi connectivity index (χ1n) is 10.9. The summed E-state index contributed by atoms with van der Waals surface area (Å²) in [5.41, 5.74) is -1.21. The molecule has 3 aromatic rings. The molecular weight excluding hydrogens is 516 g/mol. The number of nitrogens with one attached hydrogen (secondary N) is 1. The summed E-state index contributed by atoms with van der Waals surface area (Å²) in [6.45, 7) is 3.03. The van der Waals surface area contributed by atoms with Gasteiger partial charge in [-0.25, -0.2) is 12.8 Å². The maximum atomic E-state index is 13.7. The van der Waals surface area contributed by atoms with Crippen LogP contribution in [0.15, 0.2) is 65.6 Å². The van der Waals surface area contributed by atoms with Gasteiger partial charge < -0.3 is 14.8 Å². The molecule has 0 aliphatic rings. The third kappa shape index (κ3) is 6.50. The summed E-state index contributed by atoms with van der Waals surface area (Å²) in [6, 6.07) is 12.3. The maximum Gasteiger partial charge on any atom is 0.419 e. The third-order valence-corrected chi connectivity index (χ3v) is 6.96. The van der Waals surface area contributed by atoms with Crippen LogP contribution in [0.5, 0.6) is 11.5 Å². The molecule has 0 unspecified atom stereocenters. The molecule has 0 saturated heterocycles. The summed E-state index contributed by atoms with van der Waals surface area (Å²) >= 11 is 0. The fourth-order valence-corrected chi connectivity index (χ4v) is 5.11. The molecule has 37 heavy (non-hydrogen) atoms. The van der Waals surface area contributed by atoms with E-state index in [1.807, 2.05) is 0 Å². The first-order valence-corrected chi connectivity index (χ1v) is 12.4. The third-order valence-electron chi connectivity index (χ3n) is 5.17. The summed E-state index contributed by atoms with van der Waals surface area (Å²) in [7, 11) is -3.11. The van der Waals surface area contributed by atoms with E-state index in [1.165, 1.54) is 43.5 Å². The maximum absolute atomic E-state index is 13.7. The SMILES string of the molecule is CCOc1ccc(N(CC(=O)Nc2ccc(F)c(C(F)(F)F)c2)S(=O)(=O)c2cc(C)ccc2OC)cc1. The first-order chi connectivity index (χ1) is 17.4. The number of nitrogens with zero attached hydrogens (tertiary/aromatic N) is 1. The quantitative estimate of drug-likeness (QED) is 0.368. The summed E-state index contributed by atoms with van der Waals surface area (Å²) in [6.07, 6.45) is -4.98. The molecule has 0 radical (unpaired) electrons. The largest absolute Gasteiger partial charge is 0.495 e. The Balaban J connectivity index is 2.01. The second kappa shape index (κ2) is 11.1. The fraction of sp³-hybridized carbons (Fsp3) is 0.240. The van der Waals surface area contributed by atoms with E-state index < -0.39 is 40.0 Å². The van der Waals surface area contributed by atoms with Gasteiger partial charge in [-0.3, -0.25) is 9.10 Å². The van der Waals surface area contributed by atoms with Crippen molar-refractivity contribution < 1.29 is 40.2 Å². The molecule has 0 fully saturated rings. The zero-order valence-corrected chi connectivity index (χ0v) is 20.9. The van der Waals surface area contributed by atoms with Crippen molar-refractivity contribution in [1.82, 2.24) is 0 Å². The van der Waals surface area contributed by atoms with Gasteiger partial charge in [-0.05, 0) is 74.0 Å². The Morgan fingerprint density at radius 2 is 1.70 bits per heavy atom. The van der Waals surface area contributed by atoms with Gasteiger partial charge in [-0.2, -0.15) is 13.2 Å². The van der Waals surface area contributed by atoms with E-state index >= 15 is 0 Å². The molecule has 0 aromatic heterocycles. The van der Waals surface area contributed by atoms with Crippen molar-refractivity contribution in [2.45, 2.75) is 24.9 Å². The van der Waals surface area contributed by atoms with Crippen LogP contribution in [0.2, 0.25) is 0 Å².